The first-order valence-corrected chi connectivity index (χ1v) is 10.9. The number of pyridine rings is 1. The zero-order chi connectivity index (χ0) is 23.9. The fourth-order valence-corrected chi connectivity index (χ4v) is 4.59. The summed E-state index contributed by atoms with van der Waals surface area (Å²) < 4.78 is 41.9. The summed E-state index contributed by atoms with van der Waals surface area (Å²) in [5.41, 5.74) is 1.87. The summed E-state index contributed by atoms with van der Waals surface area (Å²) in [7, 11) is 0. The molecule has 1 aliphatic heterocycles. The number of hydrogen-bond acceptors (Lipinski definition) is 3. The highest BCUT2D eigenvalue weighted by atomic mass is 32.1. The van der Waals surface area contributed by atoms with Crippen molar-refractivity contribution in [1.82, 2.24) is 14.9 Å². The summed E-state index contributed by atoms with van der Waals surface area (Å²) in [5.74, 6) is 0.118. The standard InChI is InChI=1S/C25H19F3N4OS/c26-25(27,28)16-5-3-6-18(15-16)31-14-4-8-21(31)23-22(20-7-1-2-13-29-20)30-24(34)32(23)17-9-11-19(33)12-10-17/h1-15,22-23,33H,(H,30,34)/t22-,23-/m0/s1. The molecule has 34 heavy (non-hydrogen) atoms. The molecule has 0 amide bonds. The van der Waals surface area contributed by atoms with Crippen molar-refractivity contribution in [2.45, 2.75) is 18.3 Å². The lowest BCUT2D eigenvalue weighted by molar-refractivity contribution is -0.137. The molecule has 9 heteroatoms. The fourth-order valence-electron chi connectivity index (χ4n) is 4.25. The van der Waals surface area contributed by atoms with Crippen molar-refractivity contribution in [1.29, 1.82) is 0 Å². The molecule has 4 aromatic rings. The van der Waals surface area contributed by atoms with Gasteiger partial charge in [0.1, 0.15) is 11.8 Å². The van der Waals surface area contributed by atoms with E-state index in [0.29, 0.717) is 10.8 Å². The summed E-state index contributed by atoms with van der Waals surface area (Å²) in [5, 5.41) is 13.5. The van der Waals surface area contributed by atoms with Crippen LogP contribution < -0.4 is 10.2 Å². The Labute approximate surface area is 199 Å². The van der Waals surface area contributed by atoms with E-state index in [0.717, 1.165) is 29.2 Å². The first-order valence-electron chi connectivity index (χ1n) is 10.5. The number of benzene rings is 2. The SMILES string of the molecule is Oc1ccc(N2C(=S)N[C@@H](c3ccccn3)[C@@H]2c2cccn2-c2cccc(C(F)(F)F)c2)cc1. The molecule has 0 aliphatic carbocycles. The van der Waals surface area contributed by atoms with E-state index in [2.05, 4.69) is 10.3 Å². The van der Waals surface area contributed by atoms with Crippen LogP contribution in [0.2, 0.25) is 0 Å². The lowest BCUT2D eigenvalue weighted by Crippen LogP contribution is -2.30. The van der Waals surface area contributed by atoms with Gasteiger partial charge in [0.15, 0.2) is 5.11 Å². The zero-order valence-corrected chi connectivity index (χ0v) is 18.5. The molecule has 2 aromatic heterocycles. The second-order valence-electron chi connectivity index (χ2n) is 7.86. The van der Waals surface area contributed by atoms with Crippen LogP contribution in [0, 0.1) is 0 Å². The zero-order valence-electron chi connectivity index (χ0n) is 17.6. The number of nitrogens with zero attached hydrogens (tertiary/aromatic N) is 3. The lowest BCUT2D eigenvalue weighted by atomic mass is 10.0. The normalized spacial score (nSPS) is 18.2. The summed E-state index contributed by atoms with van der Waals surface area (Å²) in [6.07, 6.45) is -1.03. The second-order valence-corrected chi connectivity index (χ2v) is 8.25. The molecule has 2 aromatic carbocycles. The molecule has 2 atom stereocenters. The number of halogens is 3. The maximum Gasteiger partial charge on any atom is 0.416 e. The van der Waals surface area contributed by atoms with E-state index in [1.54, 1.807) is 53.4 Å². The number of phenolic OH excluding ortho intramolecular Hbond substituents is 1. The van der Waals surface area contributed by atoms with Gasteiger partial charge in [0, 0.05) is 29.5 Å². The fraction of sp³-hybridized carbons (Fsp3) is 0.120. The highest BCUT2D eigenvalue weighted by Gasteiger charge is 2.42. The summed E-state index contributed by atoms with van der Waals surface area (Å²) in [4.78, 5) is 6.40. The molecule has 172 valence electrons. The van der Waals surface area contributed by atoms with Crippen molar-refractivity contribution < 1.29 is 18.3 Å². The Morgan fingerprint density at radius 3 is 2.41 bits per heavy atom. The van der Waals surface area contributed by atoms with Gasteiger partial charge in [0.05, 0.1) is 17.3 Å². The van der Waals surface area contributed by atoms with Crippen molar-refractivity contribution >= 4 is 23.0 Å². The average molecular weight is 481 g/mol. The molecule has 3 heterocycles. The molecule has 0 bridgehead atoms. The second kappa shape index (κ2) is 8.49. The van der Waals surface area contributed by atoms with Crippen LogP contribution in [0.25, 0.3) is 5.69 Å². The monoisotopic (exact) mass is 480 g/mol. The number of anilines is 1. The average Bonchev–Trinajstić information content (AvgIpc) is 3.44. The minimum Gasteiger partial charge on any atom is -0.508 e. The molecule has 0 saturated carbocycles. The van der Waals surface area contributed by atoms with Gasteiger partial charge in [0.2, 0.25) is 0 Å². The van der Waals surface area contributed by atoms with Crippen LogP contribution in [0.15, 0.2) is 91.3 Å². The van der Waals surface area contributed by atoms with E-state index in [-0.39, 0.29) is 11.8 Å². The van der Waals surface area contributed by atoms with Gasteiger partial charge in [-0.15, -0.1) is 0 Å². The quantitative estimate of drug-likeness (QED) is 0.363. The van der Waals surface area contributed by atoms with Crippen LogP contribution in [-0.4, -0.2) is 19.8 Å². The van der Waals surface area contributed by atoms with Crippen LogP contribution >= 0.6 is 12.2 Å². The third kappa shape index (κ3) is 3.99. The first kappa shape index (κ1) is 22.0. The molecule has 0 unspecified atom stereocenters. The van der Waals surface area contributed by atoms with Gasteiger partial charge < -0.3 is 19.9 Å². The van der Waals surface area contributed by atoms with E-state index in [1.807, 2.05) is 29.2 Å². The topological polar surface area (TPSA) is 53.3 Å². The Balaban J connectivity index is 1.66. The number of aromatic hydroxyl groups is 1. The number of thiocarbonyl (C=S) groups is 1. The molecule has 0 radical (unpaired) electrons. The van der Waals surface area contributed by atoms with Crippen LogP contribution in [-0.2, 0) is 6.18 Å². The van der Waals surface area contributed by atoms with Crippen LogP contribution in [0.4, 0.5) is 18.9 Å². The van der Waals surface area contributed by atoms with Gasteiger partial charge in [-0.05, 0) is 78.9 Å². The predicted molar refractivity (Wildman–Crippen MR) is 127 cm³/mol. The summed E-state index contributed by atoms with van der Waals surface area (Å²) in [6, 6.07) is 20.3. The van der Waals surface area contributed by atoms with Gasteiger partial charge >= 0.3 is 6.18 Å². The molecule has 1 aliphatic rings. The van der Waals surface area contributed by atoms with Crippen molar-refractivity contribution in [3.63, 3.8) is 0 Å². The molecule has 0 spiro atoms. The van der Waals surface area contributed by atoms with E-state index in [1.165, 1.54) is 6.07 Å². The number of aromatic nitrogens is 2. The Morgan fingerprint density at radius 2 is 1.71 bits per heavy atom. The van der Waals surface area contributed by atoms with Crippen LogP contribution in [0.3, 0.4) is 0 Å². The minimum absolute atomic E-state index is 0.118. The smallest absolute Gasteiger partial charge is 0.416 e. The van der Waals surface area contributed by atoms with Crippen molar-refractivity contribution in [2.75, 3.05) is 4.90 Å². The molecule has 1 fully saturated rings. The third-order valence-electron chi connectivity index (χ3n) is 5.76. The lowest BCUT2D eigenvalue weighted by Gasteiger charge is -2.29. The Bertz CT molecular complexity index is 1320. The Morgan fingerprint density at radius 1 is 0.912 bits per heavy atom. The maximum absolute atomic E-state index is 13.4. The van der Waals surface area contributed by atoms with Gasteiger partial charge in [-0.3, -0.25) is 4.98 Å². The molecule has 1 saturated heterocycles. The van der Waals surface area contributed by atoms with Crippen molar-refractivity contribution in [3.8, 4) is 11.4 Å². The highest BCUT2D eigenvalue weighted by Crippen LogP contribution is 2.42. The third-order valence-corrected chi connectivity index (χ3v) is 6.08. The largest absolute Gasteiger partial charge is 0.508 e. The predicted octanol–water partition coefficient (Wildman–Crippen LogP) is 5.77. The van der Waals surface area contributed by atoms with E-state index in [9.17, 15) is 18.3 Å². The Kier molecular flexibility index (Phi) is 5.49. The van der Waals surface area contributed by atoms with E-state index in [4.69, 9.17) is 12.2 Å². The van der Waals surface area contributed by atoms with E-state index < -0.39 is 17.8 Å². The van der Waals surface area contributed by atoms with E-state index >= 15 is 0 Å². The van der Waals surface area contributed by atoms with Crippen LogP contribution in [0.5, 0.6) is 5.75 Å². The maximum atomic E-state index is 13.4. The van der Waals surface area contributed by atoms with Gasteiger partial charge in [0.25, 0.3) is 0 Å². The molecule has 5 rings (SSSR count). The number of rotatable bonds is 4. The van der Waals surface area contributed by atoms with Gasteiger partial charge in [-0.1, -0.05) is 12.1 Å². The number of phenols is 1. The highest BCUT2D eigenvalue weighted by molar-refractivity contribution is 7.80. The van der Waals surface area contributed by atoms with Crippen molar-refractivity contribution in [3.05, 3.63) is 108 Å². The van der Waals surface area contributed by atoms with Crippen LogP contribution in [0.1, 0.15) is 29.0 Å². The van der Waals surface area contributed by atoms with Crippen molar-refractivity contribution in [2.24, 2.45) is 0 Å². The van der Waals surface area contributed by atoms with Gasteiger partial charge in [-0.25, -0.2) is 0 Å². The number of alkyl halides is 3. The number of nitrogens with one attached hydrogen (secondary N) is 1. The number of hydrogen-bond donors (Lipinski definition) is 2. The molecular weight excluding hydrogens is 461 g/mol. The Hall–Kier alpha value is -3.85. The minimum atomic E-state index is -4.45. The molecule has 2 N–H and O–H groups in total. The summed E-state index contributed by atoms with van der Waals surface area (Å²) in [6.45, 7) is 0. The molecule has 5 nitrogen and oxygen atoms in total. The van der Waals surface area contributed by atoms with Gasteiger partial charge in [-0.2, -0.15) is 13.2 Å². The summed E-state index contributed by atoms with van der Waals surface area (Å²) >= 11 is 5.68. The molecular formula is C25H19F3N4OS. The first-order chi connectivity index (χ1) is 16.3.